The smallest absolute Gasteiger partial charge is 0.190 e. The molecule has 1 heterocycles. The molecule has 96 valence electrons. The van der Waals surface area contributed by atoms with Crippen molar-refractivity contribution in [1.29, 1.82) is 0 Å². The number of thiazole rings is 1. The normalized spacial score (nSPS) is 12.1. The van der Waals surface area contributed by atoms with Crippen LogP contribution in [-0.4, -0.2) is 4.57 Å². The highest BCUT2D eigenvalue weighted by Gasteiger charge is 2.00. The highest BCUT2D eigenvalue weighted by molar-refractivity contribution is 7.07. The lowest BCUT2D eigenvalue weighted by atomic mass is 10.2. The van der Waals surface area contributed by atoms with Crippen LogP contribution in [-0.2, 0) is 13.0 Å². The molecule has 18 heavy (non-hydrogen) atoms. The molecule has 2 rings (SSSR count). The van der Waals surface area contributed by atoms with Gasteiger partial charge in [0.1, 0.15) is 0 Å². The van der Waals surface area contributed by atoms with E-state index in [4.69, 9.17) is 4.99 Å². The van der Waals surface area contributed by atoms with E-state index < -0.39 is 0 Å². The summed E-state index contributed by atoms with van der Waals surface area (Å²) in [5.41, 5.74) is 3.70. The van der Waals surface area contributed by atoms with Gasteiger partial charge in [0.05, 0.1) is 5.69 Å². The molecule has 0 bridgehead atoms. The monoisotopic (exact) mass is 260 g/mol. The SMILES string of the molecule is CCCn1c(C)csc1=Nc1ccc(CC)cc1. The lowest BCUT2D eigenvalue weighted by Gasteiger charge is -2.03. The summed E-state index contributed by atoms with van der Waals surface area (Å²) in [6.45, 7) is 7.56. The first-order valence-electron chi connectivity index (χ1n) is 6.53. The number of nitrogens with zero attached hydrogens (tertiary/aromatic N) is 2. The zero-order valence-electron chi connectivity index (χ0n) is 11.3. The van der Waals surface area contributed by atoms with E-state index in [0.29, 0.717) is 0 Å². The van der Waals surface area contributed by atoms with Crippen molar-refractivity contribution in [2.45, 2.75) is 40.2 Å². The Hall–Kier alpha value is -1.35. The Morgan fingerprint density at radius 3 is 2.50 bits per heavy atom. The van der Waals surface area contributed by atoms with Gasteiger partial charge < -0.3 is 4.57 Å². The third kappa shape index (κ3) is 2.91. The Kier molecular flexibility index (Phi) is 4.37. The number of aryl methyl sites for hydroxylation is 2. The van der Waals surface area contributed by atoms with Crippen molar-refractivity contribution in [3.8, 4) is 0 Å². The molecule has 0 atom stereocenters. The second-order valence-corrected chi connectivity index (χ2v) is 5.28. The number of aromatic nitrogens is 1. The standard InChI is InChI=1S/C15H20N2S/c1-4-10-17-12(3)11-18-15(17)16-14-8-6-13(5-2)7-9-14/h6-9,11H,4-5,10H2,1-3H3. The van der Waals surface area contributed by atoms with E-state index in [2.05, 4.69) is 55.0 Å². The highest BCUT2D eigenvalue weighted by Crippen LogP contribution is 2.13. The molecule has 0 aliphatic rings. The minimum atomic E-state index is 1.04. The average Bonchev–Trinajstić information content (AvgIpc) is 2.73. The van der Waals surface area contributed by atoms with Crippen molar-refractivity contribution >= 4 is 17.0 Å². The van der Waals surface area contributed by atoms with E-state index in [-0.39, 0.29) is 0 Å². The predicted octanol–water partition coefficient (Wildman–Crippen LogP) is 4.06. The molecule has 0 saturated carbocycles. The zero-order valence-corrected chi connectivity index (χ0v) is 12.1. The number of hydrogen-bond donors (Lipinski definition) is 0. The largest absolute Gasteiger partial charge is 0.321 e. The maximum absolute atomic E-state index is 4.74. The number of rotatable bonds is 4. The molecule has 0 spiro atoms. The first-order chi connectivity index (χ1) is 8.74. The topological polar surface area (TPSA) is 17.3 Å². The molecule has 0 aliphatic heterocycles. The van der Waals surface area contributed by atoms with Gasteiger partial charge in [0.25, 0.3) is 0 Å². The molecule has 0 unspecified atom stereocenters. The lowest BCUT2D eigenvalue weighted by molar-refractivity contribution is 0.644. The van der Waals surface area contributed by atoms with Gasteiger partial charge in [-0.25, -0.2) is 4.99 Å². The second kappa shape index (κ2) is 6.01. The average molecular weight is 260 g/mol. The van der Waals surface area contributed by atoms with E-state index >= 15 is 0 Å². The van der Waals surface area contributed by atoms with Crippen LogP contribution in [0, 0.1) is 6.92 Å². The van der Waals surface area contributed by atoms with Gasteiger partial charge in [-0.3, -0.25) is 0 Å². The van der Waals surface area contributed by atoms with Crippen LogP contribution in [0.1, 0.15) is 31.5 Å². The van der Waals surface area contributed by atoms with Crippen LogP contribution in [0.3, 0.4) is 0 Å². The van der Waals surface area contributed by atoms with Gasteiger partial charge in [-0.05, 0) is 37.5 Å². The number of benzene rings is 1. The summed E-state index contributed by atoms with van der Waals surface area (Å²) >= 11 is 1.72. The van der Waals surface area contributed by atoms with Crippen LogP contribution >= 0.6 is 11.3 Å². The van der Waals surface area contributed by atoms with Gasteiger partial charge in [0, 0.05) is 17.6 Å². The Morgan fingerprint density at radius 2 is 1.89 bits per heavy atom. The van der Waals surface area contributed by atoms with E-state index in [0.717, 1.165) is 29.9 Å². The third-order valence-electron chi connectivity index (χ3n) is 3.01. The Bertz CT molecular complexity index is 561. The minimum absolute atomic E-state index is 1.04. The summed E-state index contributed by atoms with van der Waals surface area (Å²) in [5, 5.41) is 2.18. The van der Waals surface area contributed by atoms with Crippen LogP contribution in [0.5, 0.6) is 0 Å². The second-order valence-electron chi connectivity index (χ2n) is 4.44. The van der Waals surface area contributed by atoms with Crippen LogP contribution in [0.25, 0.3) is 0 Å². The maximum atomic E-state index is 4.74. The van der Waals surface area contributed by atoms with Crippen LogP contribution in [0.4, 0.5) is 5.69 Å². The molecule has 0 radical (unpaired) electrons. The highest BCUT2D eigenvalue weighted by atomic mass is 32.1. The molecule has 2 aromatic rings. The predicted molar refractivity (Wildman–Crippen MR) is 78.4 cm³/mol. The lowest BCUT2D eigenvalue weighted by Crippen LogP contribution is -2.15. The zero-order chi connectivity index (χ0) is 13.0. The quantitative estimate of drug-likeness (QED) is 0.788. The van der Waals surface area contributed by atoms with Crippen LogP contribution in [0.2, 0.25) is 0 Å². The van der Waals surface area contributed by atoms with E-state index in [1.165, 1.54) is 11.3 Å². The fourth-order valence-electron chi connectivity index (χ4n) is 1.92. The van der Waals surface area contributed by atoms with Gasteiger partial charge in [-0.15, -0.1) is 11.3 Å². The Balaban J connectivity index is 2.37. The van der Waals surface area contributed by atoms with Crippen molar-refractivity contribution in [2.24, 2.45) is 4.99 Å². The molecule has 0 aliphatic carbocycles. The van der Waals surface area contributed by atoms with Crippen LogP contribution < -0.4 is 4.80 Å². The summed E-state index contributed by atoms with van der Waals surface area (Å²) < 4.78 is 2.29. The van der Waals surface area contributed by atoms with E-state index in [1.807, 2.05) is 0 Å². The first-order valence-corrected chi connectivity index (χ1v) is 7.41. The van der Waals surface area contributed by atoms with E-state index in [9.17, 15) is 0 Å². The molecule has 1 aromatic heterocycles. The summed E-state index contributed by atoms with van der Waals surface area (Å²) in [4.78, 5) is 5.83. The van der Waals surface area contributed by atoms with Gasteiger partial charge in [0.15, 0.2) is 4.80 Å². The maximum Gasteiger partial charge on any atom is 0.190 e. The Labute approximate surface area is 113 Å². The molecule has 3 heteroatoms. The molecule has 0 saturated heterocycles. The fraction of sp³-hybridized carbons (Fsp3) is 0.400. The van der Waals surface area contributed by atoms with Gasteiger partial charge in [-0.1, -0.05) is 26.0 Å². The van der Waals surface area contributed by atoms with Crippen molar-refractivity contribution < 1.29 is 0 Å². The third-order valence-corrected chi connectivity index (χ3v) is 3.99. The molecule has 0 N–H and O–H groups in total. The summed E-state index contributed by atoms with van der Waals surface area (Å²) in [6, 6.07) is 8.52. The summed E-state index contributed by atoms with van der Waals surface area (Å²) in [5.74, 6) is 0. The minimum Gasteiger partial charge on any atom is -0.321 e. The Morgan fingerprint density at radius 1 is 1.17 bits per heavy atom. The molecular formula is C15H20N2S. The van der Waals surface area contributed by atoms with Gasteiger partial charge in [0.2, 0.25) is 0 Å². The molecule has 0 fully saturated rings. The van der Waals surface area contributed by atoms with Crippen molar-refractivity contribution in [3.63, 3.8) is 0 Å². The fourth-order valence-corrected chi connectivity index (χ4v) is 2.84. The van der Waals surface area contributed by atoms with Crippen molar-refractivity contribution in [3.05, 3.63) is 45.7 Å². The van der Waals surface area contributed by atoms with E-state index in [1.54, 1.807) is 11.3 Å². The molecule has 2 nitrogen and oxygen atoms in total. The summed E-state index contributed by atoms with van der Waals surface area (Å²) in [6.07, 6.45) is 2.22. The molecule has 1 aromatic carbocycles. The molecule has 0 amide bonds. The van der Waals surface area contributed by atoms with Gasteiger partial charge in [-0.2, -0.15) is 0 Å². The molecular weight excluding hydrogens is 240 g/mol. The van der Waals surface area contributed by atoms with Crippen LogP contribution in [0.15, 0.2) is 34.6 Å². The first kappa shape index (κ1) is 13.1. The number of hydrogen-bond acceptors (Lipinski definition) is 2. The van der Waals surface area contributed by atoms with Crippen molar-refractivity contribution in [2.75, 3.05) is 0 Å². The summed E-state index contributed by atoms with van der Waals surface area (Å²) in [7, 11) is 0. The van der Waals surface area contributed by atoms with Crippen molar-refractivity contribution in [1.82, 2.24) is 4.57 Å². The van der Waals surface area contributed by atoms with Gasteiger partial charge >= 0.3 is 0 Å².